The van der Waals surface area contributed by atoms with Crippen LogP contribution in [0.15, 0.2) is 71.8 Å². The van der Waals surface area contributed by atoms with Gasteiger partial charge in [0.2, 0.25) is 11.6 Å². The number of nitrogens with zero attached hydrogens (tertiary/aromatic N) is 6. The molecule has 0 aliphatic carbocycles. The maximum atomic E-state index is 13.6. The topological polar surface area (TPSA) is 75.7 Å². The second-order valence-corrected chi connectivity index (χ2v) is 8.32. The van der Waals surface area contributed by atoms with Crippen molar-refractivity contribution in [1.29, 1.82) is 0 Å². The van der Waals surface area contributed by atoms with Crippen molar-refractivity contribution in [3.8, 4) is 5.69 Å². The molecule has 0 unspecified atom stereocenters. The van der Waals surface area contributed by atoms with Crippen LogP contribution in [0.25, 0.3) is 11.3 Å². The Balaban J connectivity index is 1.18. The number of halogens is 1. The average Bonchev–Trinajstić information content (AvgIpc) is 3.29. The highest BCUT2D eigenvalue weighted by Crippen LogP contribution is 2.16. The predicted octanol–water partition coefficient (Wildman–Crippen LogP) is 2.69. The second kappa shape index (κ2) is 9.46. The van der Waals surface area contributed by atoms with Crippen molar-refractivity contribution in [1.82, 2.24) is 24.1 Å². The summed E-state index contributed by atoms with van der Waals surface area (Å²) in [5, 5.41) is 8.19. The molecular weight excluding hydrogens is 435 g/mol. The minimum atomic E-state index is -0.419. The SMILES string of the molecule is O=C(CCCc1nnc2c(=O)n(-c3cccc(F)c3)ccn12)N1CCN(c2ccccc2)CC1. The average molecular weight is 461 g/mol. The summed E-state index contributed by atoms with van der Waals surface area (Å²) in [6.07, 6.45) is 4.84. The van der Waals surface area contributed by atoms with Crippen molar-refractivity contribution in [2.45, 2.75) is 19.3 Å². The molecule has 0 radical (unpaired) electrons. The van der Waals surface area contributed by atoms with Crippen LogP contribution in [0.2, 0.25) is 0 Å². The van der Waals surface area contributed by atoms with Gasteiger partial charge in [0.1, 0.15) is 11.6 Å². The van der Waals surface area contributed by atoms with Crippen molar-refractivity contribution >= 4 is 17.2 Å². The van der Waals surface area contributed by atoms with E-state index < -0.39 is 5.82 Å². The van der Waals surface area contributed by atoms with Crippen molar-refractivity contribution in [2.24, 2.45) is 0 Å². The second-order valence-electron chi connectivity index (χ2n) is 8.32. The summed E-state index contributed by atoms with van der Waals surface area (Å²) in [5.41, 5.74) is 1.41. The Kier molecular flexibility index (Phi) is 6.07. The van der Waals surface area contributed by atoms with Gasteiger partial charge in [-0.1, -0.05) is 24.3 Å². The number of rotatable bonds is 6. The molecule has 1 fully saturated rings. The molecule has 0 bridgehead atoms. The molecule has 0 spiro atoms. The molecule has 1 aliphatic heterocycles. The fraction of sp³-hybridized carbons (Fsp3) is 0.280. The number of carbonyl (C=O) groups is 1. The standard InChI is InChI=1S/C25H25FN6O2/c26-19-6-4-9-21(18-19)31-16-17-32-22(27-28-24(32)25(31)34)10-5-11-23(33)30-14-12-29(13-15-30)20-7-2-1-3-8-20/h1-4,6-9,16-18H,5,10-15H2. The van der Waals surface area contributed by atoms with E-state index >= 15 is 0 Å². The third kappa shape index (κ3) is 4.41. The molecule has 2 aromatic heterocycles. The molecule has 4 aromatic rings. The Morgan fingerprint density at radius 2 is 1.68 bits per heavy atom. The van der Waals surface area contributed by atoms with Crippen molar-refractivity contribution in [2.75, 3.05) is 31.1 Å². The lowest BCUT2D eigenvalue weighted by atomic mass is 10.2. The lowest BCUT2D eigenvalue weighted by molar-refractivity contribution is -0.131. The molecule has 8 nitrogen and oxygen atoms in total. The summed E-state index contributed by atoms with van der Waals surface area (Å²) in [7, 11) is 0. The first-order valence-corrected chi connectivity index (χ1v) is 11.4. The Hall–Kier alpha value is -4.01. The molecule has 0 atom stereocenters. The van der Waals surface area contributed by atoms with Crippen molar-refractivity contribution < 1.29 is 9.18 Å². The van der Waals surface area contributed by atoms with E-state index in [1.165, 1.54) is 22.4 Å². The first-order chi connectivity index (χ1) is 16.6. The van der Waals surface area contributed by atoms with E-state index in [0.29, 0.717) is 43.9 Å². The van der Waals surface area contributed by atoms with Crippen LogP contribution in [0.3, 0.4) is 0 Å². The highest BCUT2D eigenvalue weighted by molar-refractivity contribution is 5.76. The summed E-state index contributed by atoms with van der Waals surface area (Å²) >= 11 is 0. The maximum Gasteiger partial charge on any atom is 0.300 e. The smallest absolute Gasteiger partial charge is 0.300 e. The Morgan fingerprint density at radius 3 is 2.44 bits per heavy atom. The van der Waals surface area contributed by atoms with Crippen LogP contribution in [0, 0.1) is 5.82 Å². The van der Waals surface area contributed by atoms with Gasteiger partial charge in [0.05, 0.1) is 5.69 Å². The summed E-state index contributed by atoms with van der Waals surface area (Å²) in [6.45, 7) is 3.06. The van der Waals surface area contributed by atoms with Crippen LogP contribution in [-0.4, -0.2) is 56.2 Å². The van der Waals surface area contributed by atoms with E-state index in [9.17, 15) is 14.0 Å². The van der Waals surface area contributed by atoms with E-state index in [4.69, 9.17) is 0 Å². The summed E-state index contributed by atoms with van der Waals surface area (Å²) in [4.78, 5) is 29.7. The lowest BCUT2D eigenvalue weighted by Crippen LogP contribution is -2.48. The maximum absolute atomic E-state index is 13.6. The molecular formula is C25H25FN6O2. The van der Waals surface area contributed by atoms with Gasteiger partial charge < -0.3 is 9.80 Å². The van der Waals surface area contributed by atoms with Gasteiger partial charge in [0.25, 0.3) is 0 Å². The van der Waals surface area contributed by atoms with Gasteiger partial charge in [0.15, 0.2) is 0 Å². The van der Waals surface area contributed by atoms with Crippen LogP contribution >= 0.6 is 0 Å². The van der Waals surface area contributed by atoms with Crippen molar-refractivity contribution in [3.05, 3.63) is 89.0 Å². The van der Waals surface area contributed by atoms with Gasteiger partial charge in [-0.05, 0) is 36.8 Å². The minimum absolute atomic E-state index is 0.134. The van der Waals surface area contributed by atoms with E-state index in [0.717, 1.165) is 13.1 Å². The molecule has 0 saturated carbocycles. The number of carbonyl (C=O) groups excluding carboxylic acids is 1. The fourth-order valence-corrected chi connectivity index (χ4v) is 4.34. The zero-order chi connectivity index (χ0) is 23.5. The molecule has 2 aromatic carbocycles. The van der Waals surface area contributed by atoms with Crippen LogP contribution in [0.4, 0.5) is 10.1 Å². The molecule has 3 heterocycles. The van der Waals surface area contributed by atoms with Crippen LogP contribution in [-0.2, 0) is 11.2 Å². The molecule has 1 amide bonds. The van der Waals surface area contributed by atoms with Crippen LogP contribution in [0.1, 0.15) is 18.7 Å². The number of fused-ring (bicyclic) bond motifs is 1. The first kappa shape index (κ1) is 21.8. The third-order valence-electron chi connectivity index (χ3n) is 6.17. The Morgan fingerprint density at radius 1 is 0.912 bits per heavy atom. The molecule has 5 rings (SSSR count). The molecule has 9 heteroatoms. The van der Waals surface area contributed by atoms with E-state index in [2.05, 4.69) is 27.2 Å². The summed E-state index contributed by atoms with van der Waals surface area (Å²) in [5.74, 6) is 0.341. The minimum Gasteiger partial charge on any atom is -0.368 e. The number of hydrogen-bond donors (Lipinski definition) is 0. The lowest BCUT2D eigenvalue weighted by Gasteiger charge is -2.36. The zero-order valence-electron chi connectivity index (χ0n) is 18.7. The number of amides is 1. The van der Waals surface area contributed by atoms with Crippen molar-refractivity contribution in [3.63, 3.8) is 0 Å². The highest BCUT2D eigenvalue weighted by atomic mass is 19.1. The number of aryl methyl sites for hydroxylation is 1. The van der Waals surface area contributed by atoms with E-state index in [1.54, 1.807) is 28.9 Å². The third-order valence-corrected chi connectivity index (χ3v) is 6.17. The summed E-state index contributed by atoms with van der Waals surface area (Å²) in [6, 6.07) is 16.1. The summed E-state index contributed by atoms with van der Waals surface area (Å²) < 4.78 is 16.5. The molecule has 34 heavy (non-hydrogen) atoms. The monoisotopic (exact) mass is 460 g/mol. The van der Waals surface area contributed by atoms with Crippen LogP contribution in [0.5, 0.6) is 0 Å². The van der Waals surface area contributed by atoms with Crippen LogP contribution < -0.4 is 10.5 Å². The number of anilines is 1. The van der Waals surface area contributed by atoms with Gasteiger partial charge in [0, 0.05) is 57.1 Å². The molecule has 1 aliphatic rings. The number of para-hydroxylation sites is 1. The quantitative estimate of drug-likeness (QED) is 0.442. The van der Waals surface area contributed by atoms with E-state index in [-0.39, 0.29) is 17.1 Å². The van der Waals surface area contributed by atoms with Gasteiger partial charge in [-0.2, -0.15) is 0 Å². The number of benzene rings is 2. The van der Waals surface area contributed by atoms with Gasteiger partial charge in [-0.25, -0.2) is 4.39 Å². The van der Waals surface area contributed by atoms with Gasteiger partial charge in [-0.3, -0.25) is 18.6 Å². The Labute approximate surface area is 195 Å². The predicted molar refractivity (Wildman–Crippen MR) is 127 cm³/mol. The number of aromatic nitrogens is 4. The normalized spacial score (nSPS) is 14.0. The number of hydrogen-bond acceptors (Lipinski definition) is 5. The van der Waals surface area contributed by atoms with E-state index in [1.807, 2.05) is 23.1 Å². The fourth-order valence-electron chi connectivity index (χ4n) is 4.34. The first-order valence-electron chi connectivity index (χ1n) is 11.4. The molecule has 174 valence electrons. The molecule has 0 N–H and O–H groups in total. The highest BCUT2D eigenvalue weighted by Gasteiger charge is 2.21. The Bertz CT molecular complexity index is 1360. The van der Waals surface area contributed by atoms with Gasteiger partial charge in [-0.15, -0.1) is 10.2 Å². The van der Waals surface area contributed by atoms with Gasteiger partial charge >= 0.3 is 5.56 Å². The largest absolute Gasteiger partial charge is 0.368 e. The molecule has 1 saturated heterocycles. The number of piperazine rings is 1. The zero-order valence-corrected chi connectivity index (χ0v) is 18.7.